The molecule has 10 aromatic rings. The van der Waals surface area contributed by atoms with Crippen molar-refractivity contribution in [3.8, 4) is 22.3 Å². The number of benzene rings is 8. The predicted octanol–water partition coefficient (Wildman–Crippen LogP) is 13.4. The summed E-state index contributed by atoms with van der Waals surface area (Å²) in [6.07, 6.45) is 0. The number of rotatable bonds is 5. The zero-order valence-corrected chi connectivity index (χ0v) is 25.2. The average molecular weight is 645 g/mol. The molecular weight excluding hydrogens is 599 g/mol. The molecule has 3 nitrogen and oxygen atoms in total. The lowest BCUT2D eigenvalue weighted by Crippen LogP contribution is -2.10. The highest BCUT2D eigenvalue weighted by molar-refractivity contribution is 6.19. The van der Waals surface area contributed by atoms with E-state index in [4.69, 9.17) is 21.2 Å². The minimum Gasteiger partial charge on any atom is -0.456 e. The number of hydrogen-bond acceptors (Lipinski definition) is 3. The fourth-order valence-corrected chi connectivity index (χ4v) is 6.18. The molecule has 8 aromatic carbocycles. The molecule has 230 valence electrons. The van der Waals surface area contributed by atoms with Gasteiger partial charge in [-0.1, -0.05) is 121 Å². The lowest BCUT2D eigenvalue weighted by molar-refractivity contribution is 0.669. The second-order valence-corrected chi connectivity index (χ2v) is 11.2. The molecule has 0 spiro atoms. The maximum Gasteiger partial charge on any atom is 0.143 e. The van der Waals surface area contributed by atoms with Crippen molar-refractivity contribution in [2.24, 2.45) is 0 Å². The number of nitrogens with zero attached hydrogens (tertiary/aromatic N) is 1. The minimum absolute atomic E-state index is 0.170. The van der Waals surface area contributed by atoms with Crippen LogP contribution in [0.25, 0.3) is 76.9 Å². The average Bonchev–Trinajstić information content (AvgIpc) is 3.90. The van der Waals surface area contributed by atoms with Crippen LogP contribution in [0.15, 0.2) is 184 Å². The Morgan fingerprint density at radius 3 is 2.18 bits per heavy atom. The molecule has 0 aliphatic rings. The van der Waals surface area contributed by atoms with Gasteiger partial charge in [-0.2, -0.15) is 0 Å². The van der Waals surface area contributed by atoms with Gasteiger partial charge in [0.1, 0.15) is 22.3 Å². The molecule has 10 rings (SSSR count). The first-order valence-corrected chi connectivity index (χ1v) is 15.2. The highest BCUT2D eigenvalue weighted by Crippen LogP contribution is 2.45. The Morgan fingerprint density at radius 1 is 0.449 bits per heavy atom. The number of furan rings is 2. The number of anilines is 3. The maximum atomic E-state index is 9.74. The summed E-state index contributed by atoms with van der Waals surface area (Å²) < 4.78 is 168. The smallest absolute Gasteiger partial charge is 0.143 e. The van der Waals surface area contributed by atoms with Crippen molar-refractivity contribution >= 4 is 71.7 Å². The summed E-state index contributed by atoms with van der Waals surface area (Å²) in [5.41, 5.74) is -1.91. The molecule has 0 radical (unpaired) electrons. The summed E-state index contributed by atoms with van der Waals surface area (Å²) in [7, 11) is 0. The molecule has 0 bridgehead atoms. The van der Waals surface area contributed by atoms with Crippen molar-refractivity contribution in [3.05, 3.63) is 176 Å². The van der Waals surface area contributed by atoms with E-state index in [1.54, 1.807) is 72.8 Å². The quantitative estimate of drug-likeness (QED) is 0.187. The van der Waals surface area contributed by atoms with Gasteiger partial charge < -0.3 is 13.7 Å². The molecule has 0 N–H and O–H groups in total. The van der Waals surface area contributed by atoms with Crippen molar-refractivity contribution in [1.82, 2.24) is 0 Å². The fourth-order valence-electron chi connectivity index (χ4n) is 6.18. The maximum absolute atomic E-state index is 9.74. The zero-order chi connectivity index (χ0) is 47.1. The molecule has 49 heavy (non-hydrogen) atoms. The van der Waals surface area contributed by atoms with Gasteiger partial charge in [0.2, 0.25) is 0 Å². The molecular formula is C46H29NO2. The van der Waals surface area contributed by atoms with Gasteiger partial charge in [0.25, 0.3) is 0 Å². The number of hydrogen-bond donors (Lipinski definition) is 0. The Balaban J connectivity index is 1.42. The standard InChI is InChI=1S/C46H29NO2/c1-2-11-30(12-3-1)33-14-8-15-35(29-33)47(40-19-10-22-43-45(40)39-28-25-31-13-4-5-16-37(31)46(39)49-43)34-26-23-32(24-27-34)36-18-9-21-42-44(36)38-17-6-7-20-41(38)48-42/h1-29H/i4D,5D,8D,10D,13D,14D,15D,16D,19D,22D,23D,24D,25D,26D,27D,28D,29D. The van der Waals surface area contributed by atoms with E-state index in [-0.39, 0.29) is 27.6 Å². The first-order chi connectivity index (χ1) is 31.4. The lowest BCUT2D eigenvalue weighted by Gasteiger charge is -2.27. The Morgan fingerprint density at radius 2 is 1.27 bits per heavy atom. The first-order valence-electron chi connectivity index (χ1n) is 23.7. The van der Waals surface area contributed by atoms with E-state index in [2.05, 4.69) is 0 Å². The van der Waals surface area contributed by atoms with Crippen LogP contribution in [0.5, 0.6) is 0 Å². The fraction of sp³-hybridized carbons (Fsp3) is 0. The predicted molar refractivity (Wildman–Crippen MR) is 204 cm³/mol. The molecule has 0 aliphatic carbocycles. The van der Waals surface area contributed by atoms with Gasteiger partial charge in [-0.25, -0.2) is 0 Å². The van der Waals surface area contributed by atoms with E-state index in [1.165, 1.54) is 0 Å². The van der Waals surface area contributed by atoms with Crippen LogP contribution in [0.1, 0.15) is 23.3 Å². The van der Waals surface area contributed by atoms with Crippen LogP contribution in [-0.2, 0) is 0 Å². The number of para-hydroxylation sites is 1. The van der Waals surface area contributed by atoms with Crippen LogP contribution in [0.3, 0.4) is 0 Å². The van der Waals surface area contributed by atoms with Gasteiger partial charge in [0, 0.05) is 32.9 Å². The molecule has 0 atom stereocenters. The van der Waals surface area contributed by atoms with Crippen LogP contribution in [0.4, 0.5) is 17.1 Å². The lowest BCUT2D eigenvalue weighted by atomic mass is 9.98. The van der Waals surface area contributed by atoms with Crippen molar-refractivity contribution in [2.45, 2.75) is 0 Å². The second-order valence-electron chi connectivity index (χ2n) is 11.2. The normalized spacial score (nSPS) is 16.5. The van der Waals surface area contributed by atoms with E-state index < -0.39 is 147 Å². The summed E-state index contributed by atoms with van der Waals surface area (Å²) in [5.74, 6) is 0. The number of fused-ring (bicyclic) bond motifs is 8. The van der Waals surface area contributed by atoms with E-state index in [0.717, 1.165) is 4.90 Å². The SMILES string of the molecule is [2H]c1c([2H])c(-c2ccccc2)c([2H])c(N(c2c([2H])c([2H])c(-c3cccc4oc5ccccc5c34)c([2H])c2[2H])c2c([2H])c([2H])c([2H])c3oc4c5c([2H])c([2H])c([2H])c([2H])c5c([2H])c([2H])c4c23)c1[2H]. The summed E-state index contributed by atoms with van der Waals surface area (Å²) in [6.45, 7) is 0. The second kappa shape index (κ2) is 11.0. The Hall–Kier alpha value is -6.58. The van der Waals surface area contributed by atoms with Gasteiger partial charge in [-0.05, 0) is 82.1 Å². The minimum atomic E-state index is -0.867. The van der Waals surface area contributed by atoms with E-state index >= 15 is 0 Å². The summed E-state index contributed by atoms with van der Waals surface area (Å²) in [5, 5.41) is -0.473. The molecule has 2 heterocycles. The van der Waals surface area contributed by atoms with Crippen molar-refractivity contribution < 1.29 is 32.1 Å². The van der Waals surface area contributed by atoms with Gasteiger partial charge in [0.15, 0.2) is 0 Å². The van der Waals surface area contributed by atoms with Crippen molar-refractivity contribution in [1.29, 1.82) is 0 Å². The third kappa shape index (κ3) is 4.44. The van der Waals surface area contributed by atoms with Crippen LogP contribution in [0, 0.1) is 0 Å². The van der Waals surface area contributed by atoms with E-state index in [0.29, 0.717) is 21.9 Å². The van der Waals surface area contributed by atoms with Gasteiger partial charge in [-0.3, -0.25) is 0 Å². The highest BCUT2D eigenvalue weighted by Gasteiger charge is 2.21. The molecule has 0 aliphatic heterocycles. The van der Waals surface area contributed by atoms with Crippen LogP contribution in [0.2, 0.25) is 0 Å². The largest absolute Gasteiger partial charge is 0.456 e. The van der Waals surface area contributed by atoms with Gasteiger partial charge >= 0.3 is 0 Å². The van der Waals surface area contributed by atoms with Crippen molar-refractivity contribution in [2.75, 3.05) is 4.90 Å². The van der Waals surface area contributed by atoms with Crippen molar-refractivity contribution in [3.63, 3.8) is 0 Å². The Bertz CT molecular complexity index is 3780. The molecule has 0 unspecified atom stereocenters. The molecule has 0 fully saturated rings. The van der Waals surface area contributed by atoms with Crippen LogP contribution in [-0.4, -0.2) is 0 Å². The van der Waals surface area contributed by atoms with E-state index in [1.807, 2.05) is 0 Å². The first kappa shape index (κ1) is 15.5. The van der Waals surface area contributed by atoms with Gasteiger partial charge in [0.05, 0.1) is 34.4 Å². The summed E-state index contributed by atoms with van der Waals surface area (Å²) in [6, 6.07) is 7.82. The third-order valence-electron chi connectivity index (χ3n) is 8.36. The highest BCUT2D eigenvalue weighted by atomic mass is 16.3. The molecule has 0 saturated heterocycles. The van der Waals surface area contributed by atoms with Crippen LogP contribution < -0.4 is 4.90 Å². The summed E-state index contributed by atoms with van der Waals surface area (Å²) >= 11 is 0. The topological polar surface area (TPSA) is 29.5 Å². The third-order valence-corrected chi connectivity index (χ3v) is 8.36. The molecule has 2 aromatic heterocycles. The monoisotopic (exact) mass is 644 g/mol. The Labute approximate surface area is 306 Å². The molecule has 0 amide bonds. The molecule has 0 saturated carbocycles. The Kier molecular flexibility index (Phi) is 3.49. The zero-order valence-electron chi connectivity index (χ0n) is 42.2. The molecule has 3 heteroatoms. The van der Waals surface area contributed by atoms with E-state index in [9.17, 15) is 11.0 Å². The summed E-state index contributed by atoms with van der Waals surface area (Å²) in [4.78, 5) is 0.817. The van der Waals surface area contributed by atoms with Gasteiger partial charge in [-0.15, -0.1) is 0 Å². The van der Waals surface area contributed by atoms with Crippen LogP contribution >= 0.6 is 0 Å².